The van der Waals surface area contributed by atoms with Gasteiger partial charge in [-0.3, -0.25) is 0 Å². The molecule has 4 heteroatoms. The summed E-state index contributed by atoms with van der Waals surface area (Å²) in [5.74, 6) is 0. The monoisotopic (exact) mass is 204 g/mol. The summed E-state index contributed by atoms with van der Waals surface area (Å²) in [6.07, 6.45) is 5.15. The quantitative estimate of drug-likeness (QED) is 0.658. The Morgan fingerprint density at radius 3 is 2.71 bits per heavy atom. The second-order valence-electron chi connectivity index (χ2n) is 2.82. The maximum absolute atomic E-state index is 9.07. The van der Waals surface area contributed by atoms with Crippen molar-refractivity contribution in [3.05, 3.63) is 41.6 Å². The molecule has 0 fully saturated rings. The van der Waals surface area contributed by atoms with Crippen molar-refractivity contribution in [2.24, 2.45) is 5.10 Å². The van der Waals surface area contributed by atoms with Gasteiger partial charge in [0.25, 0.3) is 5.17 Å². The van der Waals surface area contributed by atoms with Gasteiger partial charge in [-0.1, -0.05) is 24.3 Å². The predicted molar refractivity (Wildman–Crippen MR) is 60.1 cm³/mol. The van der Waals surface area contributed by atoms with Gasteiger partial charge >= 0.3 is 0 Å². The van der Waals surface area contributed by atoms with Crippen LogP contribution in [0.4, 0.5) is 0 Å². The summed E-state index contributed by atoms with van der Waals surface area (Å²) in [5, 5.41) is 14.1. The van der Waals surface area contributed by atoms with E-state index in [1.165, 1.54) is 5.01 Å². The summed E-state index contributed by atoms with van der Waals surface area (Å²) in [7, 11) is 0. The molecule has 1 aromatic carbocycles. The van der Waals surface area contributed by atoms with Crippen LogP contribution in [0.25, 0.3) is 6.08 Å². The summed E-state index contributed by atoms with van der Waals surface area (Å²) >= 11 is 4.60. The first-order valence-corrected chi connectivity index (χ1v) is 4.51. The third-order valence-corrected chi connectivity index (χ3v) is 2.10. The first kappa shape index (κ1) is 8.90. The number of aliphatic hydroxyl groups is 1. The van der Waals surface area contributed by atoms with Gasteiger partial charge in [-0.05, 0) is 23.9 Å². The molecule has 0 saturated carbocycles. The molecule has 1 N–H and O–H groups in total. The average molecular weight is 204 g/mol. The average Bonchev–Trinajstić information content (AvgIpc) is 2.39. The number of rotatable bonds is 0. The molecule has 14 heavy (non-hydrogen) atoms. The number of hydrazone groups is 1. The molecular weight excluding hydrogens is 196 g/mol. The lowest BCUT2D eigenvalue weighted by Crippen LogP contribution is -2.16. The van der Waals surface area contributed by atoms with Crippen molar-refractivity contribution in [3.63, 3.8) is 0 Å². The van der Waals surface area contributed by atoms with Gasteiger partial charge in [-0.15, -0.1) is 0 Å². The minimum Gasteiger partial charge on any atom is -0.485 e. The summed E-state index contributed by atoms with van der Waals surface area (Å²) in [5.41, 5.74) is 2.05. The van der Waals surface area contributed by atoms with E-state index in [-0.39, 0.29) is 5.17 Å². The van der Waals surface area contributed by atoms with E-state index < -0.39 is 0 Å². The highest BCUT2D eigenvalue weighted by Gasteiger charge is 2.05. The molecule has 2 rings (SSSR count). The van der Waals surface area contributed by atoms with Crippen molar-refractivity contribution >= 4 is 29.7 Å². The van der Waals surface area contributed by atoms with Crippen molar-refractivity contribution in [2.75, 3.05) is 0 Å². The molecule has 0 radical (unpaired) electrons. The van der Waals surface area contributed by atoms with Crippen LogP contribution in [0.2, 0.25) is 0 Å². The lowest BCUT2D eigenvalue weighted by atomic mass is 10.1. The Hall–Kier alpha value is -1.68. The highest BCUT2D eigenvalue weighted by Crippen LogP contribution is 2.12. The standard InChI is InChI=1S/C10H8N2OS/c13-10(14)12-6-5-8-3-1-2-4-9(8)7-11-12/h1-7H,(H,13,14). The molecule has 0 spiro atoms. The number of benzene rings is 1. The van der Waals surface area contributed by atoms with Crippen LogP contribution in [0, 0.1) is 0 Å². The SMILES string of the molecule is OC(=S)N1C=Cc2ccccc2C=N1. The van der Waals surface area contributed by atoms with Gasteiger partial charge in [0.15, 0.2) is 0 Å². The molecule has 1 aliphatic heterocycles. The first-order valence-electron chi connectivity index (χ1n) is 4.11. The summed E-state index contributed by atoms with van der Waals surface area (Å²) in [4.78, 5) is 0. The van der Waals surface area contributed by atoms with Gasteiger partial charge in [-0.2, -0.15) is 10.1 Å². The number of hydrogen-bond acceptors (Lipinski definition) is 2. The van der Waals surface area contributed by atoms with E-state index in [9.17, 15) is 0 Å². The first-order chi connectivity index (χ1) is 6.77. The van der Waals surface area contributed by atoms with Crippen LogP contribution in [0.15, 0.2) is 35.6 Å². The Labute approximate surface area is 87.0 Å². The second-order valence-corrected chi connectivity index (χ2v) is 3.18. The summed E-state index contributed by atoms with van der Waals surface area (Å²) < 4.78 is 0. The topological polar surface area (TPSA) is 35.8 Å². The molecule has 70 valence electrons. The molecule has 0 aliphatic carbocycles. The summed E-state index contributed by atoms with van der Waals surface area (Å²) in [6, 6.07) is 7.81. The number of fused-ring (bicyclic) bond motifs is 1. The van der Waals surface area contributed by atoms with Gasteiger partial charge in [0.05, 0.1) is 6.21 Å². The fraction of sp³-hybridized carbons (Fsp3) is 0. The fourth-order valence-corrected chi connectivity index (χ4v) is 1.32. The van der Waals surface area contributed by atoms with Crippen molar-refractivity contribution in [2.45, 2.75) is 0 Å². The molecule has 1 aromatic rings. The molecule has 0 unspecified atom stereocenters. The molecular formula is C10H8N2OS. The smallest absolute Gasteiger partial charge is 0.282 e. The minimum absolute atomic E-state index is 0.259. The van der Waals surface area contributed by atoms with E-state index in [2.05, 4.69) is 17.3 Å². The third kappa shape index (κ3) is 1.65. The molecule has 0 atom stereocenters. The van der Waals surface area contributed by atoms with Crippen LogP contribution >= 0.6 is 12.2 Å². The third-order valence-electron chi connectivity index (χ3n) is 1.91. The number of thiocarbonyl (C=S) groups is 1. The maximum Gasteiger partial charge on any atom is 0.282 e. The summed E-state index contributed by atoms with van der Waals surface area (Å²) in [6.45, 7) is 0. The van der Waals surface area contributed by atoms with Gasteiger partial charge in [0.1, 0.15) is 0 Å². The maximum atomic E-state index is 9.07. The lowest BCUT2D eigenvalue weighted by molar-refractivity contribution is 0.439. The molecule has 0 saturated heterocycles. The van der Waals surface area contributed by atoms with Crippen molar-refractivity contribution in [1.82, 2.24) is 5.01 Å². The van der Waals surface area contributed by atoms with Gasteiger partial charge in [0.2, 0.25) is 0 Å². The molecule has 1 aliphatic rings. The van der Waals surface area contributed by atoms with Crippen LogP contribution in [0.1, 0.15) is 11.1 Å². The Balaban J connectivity index is 2.42. The Kier molecular flexibility index (Phi) is 2.28. The highest BCUT2D eigenvalue weighted by molar-refractivity contribution is 7.79. The van der Waals surface area contributed by atoms with E-state index in [0.717, 1.165) is 11.1 Å². The molecule has 3 nitrogen and oxygen atoms in total. The van der Waals surface area contributed by atoms with E-state index in [4.69, 9.17) is 5.11 Å². The number of nitrogens with zero attached hydrogens (tertiary/aromatic N) is 2. The normalized spacial score (nSPS) is 13.6. The second kappa shape index (κ2) is 3.59. The number of hydrogen-bond donors (Lipinski definition) is 1. The highest BCUT2D eigenvalue weighted by atomic mass is 32.1. The van der Waals surface area contributed by atoms with E-state index in [0.29, 0.717) is 0 Å². The van der Waals surface area contributed by atoms with E-state index in [1.807, 2.05) is 30.3 Å². The van der Waals surface area contributed by atoms with E-state index >= 15 is 0 Å². The number of aliphatic hydroxyl groups excluding tert-OH is 1. The van der Waals surface area contributed by atoms with E-state index in [1.54, 1.807) is 12.4 Å². The van der Waals surface area contributed by atoms with Crippen LogP contribution in [-0.2, 0) is 0 Å². The zero-order valence-electron chi connectivity index (χ0n) is 7.29. The molecule has 0 aromatic heterocycles. The Morgan fingerprint density at radius 2 is 2.00 bits per heavy atom. The van der Waals surface area contributed by atoms with Gasteiger partial charge < -0.3 is 5.11 Å². The van der Waals surface area contributed by atoms with Crippen molar-refractivity contribution in [1.29, 1.82) is 0 Å². The van der Waals surface area contributed by atoms with Crippen LogP contribution in [0.3, 0.4) is 0 Å². The zero-order valence-corrected chi connectivity index (χ0v) is 8.11. The Morgan fingerprint density at radius 1 is 1.29 bits per heavy atom. The molecule has 1 heterocycles. The van der Waals surface area contributed by atoms with Gasteiger partial charge in [0, 0.05) is 11.8 Å². The van der Waals surface area contributed by atoms with Gasteiger partial charge in [-0.25, -0.2) is 0 Å². The predicted octanol–water partition coefficient (Wildman–Crippen LogP) is 2.15. The van der Waals surface area contributed by atoms with Crippen LogP contribution in [0.5, 0.6) is 0 Å². The van der Waals surface area contributed by atoms with Crippen LogP contribution in [-0.4, -0.2) is 21.5 Å². The van der Waals surface area contributed by atoms with Crippen LogP contribution < -0.4 is 0 Å². The molecule has 0 bridgehead atoms. The Bertz CT molecular complexity index is 393. The van der Waals surface area contributed by atoms with Crippen molar-refractivity contribution in [3.8, 4) is 0 Å². The zero-order chi connectivity index (χ0) is 9.97. The molecule has 0 amide bonds. The van der Waals surface area contributed by atoms with Crippen molar-refractivity contribution < 1.29 is 5.11 Å². The minimum atomic E-state index is -0.259. The fourth-order valence-electron chi connectivity index (χ4n) is 1.21. The largest absolute Gasteiger partial charge is 0.485 e. The lowest BCUT2D eigenvalue weighted by Gasteiger charge is -2.06.